The van der Waals surface area contributed by atoms with Gasteiger partial charge < -0.3 is 5.32 Å². The van der Waals surface area contributed by atoms with Gasteiger partial charge in [-0.15, -0.1) is 0 Å². The van der Waals surface area contributed by atoms with Crippen molar-refractivity contribution in [1.82, 2.24) is 20.1 Å². The van der Waals surface area contributed by atoms with Crippen LogP contribution in [0.25, 0.3) is 0 Å². The SMILES string of the molecule is CCn1cc(C(=O)NC(c2ccc(C)cc2)c2ccccn2)cn1. The lowest BCUT2D eigenvalue weighted by atomic mass is 10.0. The number of benzene rings is 1. The highest BCUT2D eigenvalue weighted by Gasteiger charge is 2.19. The van der Waals surface area contributed by atoms with Gasteiger partial charge in [0.25, 0.3) is 5.91 Å². The van der Waals surface area contributed by atoms with Crippen LogP contribution in [0.1, 0.15) is 40.1 Å². The zero-order valence-corrected chi connectivity index (χ0v) is 13.8. The van der Waals surface area contributed by atoms with E-state index < -0.39 is 0 Å². The maximum Gasteiger partial charge on any atom is 0.255 e. The molecule has 1 aromatic carbocycles. The van der Waals surface area contributed by atoms with Gasteiger partial charge in [-0.1, -0.05) is 35.9 Å². The lowest BCUT2D eigenvalue weighted by molar-refractivity contribution is 0.0942. The van der Waals surface area contributed by atoms with Crippen molar-refractivity contribution in [3.63, 3.8) is 0 Å². The minimum atomic E-state index is -0.302. The van der Waals surface area contributed by atoms with Gasteiger partial charge in [0.1, 0.15) is 0 Å². The van der Waals surface area contributed by atoms with Gasteiger partial charge in [-0.25, -0.2) is 0 Å². The molecule has 5 nitrogen and oxygen atoms in total. The third-order valence-corrected chi connectivity index (χ3v) is 3.89. The summed E-state index contributed by atoms with van der Waals surface area (Å²) >= 11 is 0. The molecule has 1 atom stereocenters. The first kappa shape index (κ1) is 15.9. The molecule has 0 spiro atoms. The molecule has 2 aromatic heterocycles. The topological polar surface area (TPSA) is 59.8 Å². The molecule has 1 N–H and O–H groups in total. The van der Waals surface area contributed by atoms with Crippen molar-refractivity contribution in [3.05, 3.63) is 83.4 Å². The van der Waals surface area contributed by atoms with Crippen molar-refractivity contribution in [2.24, 2.45) is 0 Å². The molecular weight excluding hydrogens is 300 g/mol. The smallest absolute Gasteiger partial charge is 0.255 e. The van der Waals surface area contributed by atoms with Crippen molar-refractivity contribution in [3.8, 4) is 0 Å². The van der Waals surface area contributed by atoms with E-state index in [4.69, 9.17) is 0 Å². The largest absolute Gasteiger partial charge is 0.339 e. The van der Waals surface area contributed by atoms with Gasteiger partial charge in [-0.2, -0.15) is 5.10 Å². The fraction of sp³-hybridized carbons (Fsp3) is 0.211. The Morgan fingerprint density at radius 1 is 1.21 bits per heavy atom. The number of nitrogens with zero attached hydrogens (tertiary/aromatic N) is 3. The van der Waals surface area contributed by atoms with Crippen LogP contribution >= 0.6 is 0 Å². The Morgan fingerprint density at radius 2 is 2.00 bits per heavy atom. The molecule has 0 saturated heterocycles. The molecule has 0 bridgehead atoms. The van der Waals surface area contributed by atoms with Crippen LogP contribution < -0.4 is 5.32 Å². The predicted molar refractivity (Wildman–Crippen MR) is 92.6 cm³/mol. The van der Waals surface area contributed by atoms with Crippen molar-refractivity contribution in [2.75, 3.05) is 0 Å². The summed E-state index contributed by atoms with van der Waals surface area (Å²) < 4.78 is 1.73. The summed E-state index contributed by atoms with van der Waals surface area (Å²) in [6, 6.07) is 13.5. The lowest BCUT2D eigenvalue weighted by Gasteiger charge is -2.18. The number of aromatic nitrogens is 3. The predicted octanol–water partition coefficient (Wildman–Crippen LogP) is 3.13. The molecular formula is C19H20N4O. The Morgan fingerprint density at radius 3 is 2.62 bits per heavy atom. The Hall–Kier alpha value is -2.95. The molecule has 122 valence electrons. The van der Waals surface area contributed by atoms with Gasteiger partial charge in [0.2, 0.25) is 0 Å². The maximum atomic E-state index is 12.6. The first-order valence-corrected chi connectivity index (χ1v) is 7.98. The third-order valence-electron chi connectivity index (χ3n) is 3.89. The number of rotatable bonds is 5. The van der Waals surface area contributed by atoms with Crippen LogP contribution in [-0.2, 0) is 6.54 Å². The van der Waals surface area contributed by atoms with E-state index >= 15 is 0 Å². The second-order valence-electron chi connectivity index (χ2n) is 5.66. The zero-order chi connectivity index (χ0) is 16.9. The van der Waals surface area contributed by atoms with Crippen molar-refractivity contribution < 1.29 is 4.79 Å². The molecule has 3 aromatic rings. The Balaban J connectivity index is 1.90. The number of carbonyl (C=O) groups is 1. The van der Waals surface area contributed by atoms with Crippen molar-refractivity contribution in [1.29, 1.82) is 0 Å². The molecule has 0 saturated carbocycles. The average molecular weight is 320 g/mol. The normalized spacial score (nSPS) is 11.9. The monoisotopic (exact) mass is 320 g/mol. The van der Waals surface area contributed by atoms with E-state index in [1.165, 1.54) is 5.56 Å². The summed E-state index contributed by atoms with van der Waals surface area (Å²) in [5, 5.41) is 7.23. The van der Waals surface area contributed by atoms with E-state index in [9.17, 15) is 4.79 Å². The zero-order valence-electron chi connectivity index (χ0n) is 13.8. The minimum absolute atomic E-state index is 0.161. The number of aryl methyl sites for hydroxylation is 2. The Kier molecular flexibility index (Phi) is 4.70. The van der Waals surface area contributed by atoms with Crippen LogP contribution in [0.5, 0.6) is 0 Å². The van der Waals surface area contributed by atoms with Crippen LogP contribution in [0.3, 0.4) is 0 Å². The fourth-order valence-corrected chi connectivity index (χ4v) is 2.50. The molecule has 2 heterocycles. The van der Waals surface area contributed by atoms with Crippen molar-refractivity contribution in [2.45, 2.75) is 26.4 Å². The second kappa shape index (κ2) is 7.08. The maximum absolute atomic E-state index is 12.6. The number of pyridine rings is 1. The molecule has 0 fully saturated rings. The highest BCUT2D eigenvalue weighted by atomic mass is 16.1. The van der Waals surface area contributed by atoms with E-state index in [2.05, 4.69) is 15.4 Å². The molecule has 0 aliphatic heterocycles. The molecule has 3 rings (SSSR count). The van der Waals surface area contributed by atoms with Gasteiger partial charge in [-0.05, 0) is 31.5 Å². The van der Waals surface area contributed by atoms with Crippen LogP contribution in [0, 0.1) is 6.92 Å². The van der Waals surface area contributed by atoms with Crippen molar-refractivity contribution >= 4 is 5.91 Å². The fourth-order valence-electron chi connectivity index (χ4n) is 2.50. The van der Waals surface area contributed by atoms with Gasteiger partial charge in [-0.3, -0.25) is 14.5 Å². The van der Waals surface area contributed by atoms with E-state index in [0.29, 0.717) is 5.56 Å². The van der Waals surface area contributed by atoms with E-state index in [-0.39, 0.29) is 11.9 Å². The summed E-state index contributed by atoms with van der Waals surface area (Å²) in [4.78, 5) is 17.0. The first-order valence-electron chi connectivity index (χ1n) is 7.98. The third kappa shape index (κ3) is 3.51. The van der Waals surface area contributed by atoms with E-state index in [0.717, 1.165) is 17.8 Å². The average Bonchev–Trinajstić information content (AvgIpc) is 3.10. The highest BCUT2D eigenvalue weighted by molar-refractivity contribution is 5.94. The number of hydrogen-bond acceptors (Lipinski definition) is 3. The summed E-state index contributed by atoms with van der Waals surface area (Å²) in [6.07, 6.45) is 5.07. The summed E-state index contributed by atoms with van der Waals surface area (Å²) in [5.74, 6) is -0.161. The molecule has 0 aliphatic rings. The number of nitrogens with one attached hydrogen (secondary N) is 1. The molecule has 0 aliphatic carbocycles. The Bertz CT molecular complexity index is 809. The van der Waals surface area contributed by atoms with Gasteiger partial charge in [0, 0.05) is 18.9 Å². The standard InChI is InChI=1S/C19H20N4O/c1-3-23-13-16(12-21-23)19(24)22-18(17-6-4-5-11-20-17)15-9-7-14(2)8-10-15/h4-13,18H,3H2,1-2H3,(H,22,24). The van der Waals surface area contributed by atoms with Crippen LogP contribution in [0.4, 0.5) is 0 Å². The summed E-state index contributed by atoms with van der Waals surface area (Å²) in [5.41, 5.74) is 3.52. The minimum Gasteiger partial charge on any atom is -0.339 e. The molecule has 1 unspecified atom stereocenters. The molecule has 0 radical (unpaired) electrons. The molecule has 1 amide bonds. The molecule has 24 heavy (non-hydrogen) atoms. The highest BCUT2D eigenvalue weighted by Crippen LogP contribution is 2.21. The Labute approximate surface area is 141 Å². The summed E-state index contributed by atoms with van der Waals surface area (Å²) in [6.45, 7) is 4.75. The van der Waals surface area contributed by atoms with Crippen LogP contribution in [-0.4, -0.2) is 20.7 Å². The molecule has 5 heteroatoms. The second-order valence-corrected chi connectivity index (χ2v) is 5.66. The van der Waals surface area contributed by atoms with Crippen LogP contribution in [0.2, 0.25) is 0 Å². The quantitative estimate of drug-likeness (QED) is 0.786. The van der Waals surface area contributed by atoms with E-state index in [1.807, 2.05) is 56.3 Å². The summed E-state index contributed by atoms with van der Waals surface area (Å²) in [7, 11) is 0. The number of hydrogen-bond donors (Lipinski definition) is 1. The number of carbonyl (C=O) groups excluding carboxylic acids is 1. The van der Waals surface area contributed by atoms with Gasteiger partial charge >= 0.3 is 0 Å². The van der Waals surface area contributed by atoms with Gasteiger partial charge in [0.05, 0.1) is 23.5 Å². The first-order chi connectivity index (χ1) is 11.7. The number of amides is 1. The van der Waals surface area contributed by atoms with Crippen LogP contribution in [0.15, 0.2) is 61.1 Å². The van der Waals surface area contributed by atoms with Gasteiger partial charge in [0.15, 0.2) is 0 Å². The lowest BCUT2D eigenvalue weighted by Crippen LogP contribution is -2.29. The van der Waals surface area contributed by atoms with E-state index in [1.54, 1.807) is 23.3 Å².